The molecular weight excluding hydrogens is 588 g/mol. The second kappa shape index (κ2) is 16.6. The lowest BCUT2D eigenvalue weighted by molar-refractivity contribution is 0.112. The van der Waals surface area contributed by atoms with Crippen LogP contribution in [0.2, 0.25) is 5.02 Å². The summed E-state index contributed by atoms with van der Waals surface area (Å²) in [4.78, 5) is 12.5. The molecule has 246 valence electrons. The van der Waals surface area contributed by atoms with E-state index in [9.17, 15) is 0 Å². The Labute approximate surface area is 282 Å². The average molecular weight is 641 g/mol. The molecule has 46 heavy (non-hydrogen) atoms. The molecule has 0 N–H and O–H groups in total. The Morgan fingerprint density at radius 3 is 2.00 bits per heavy atom. The lowest BCUT2D eigenvalue weighted by atomic mass is 9.74. The molecule has 0 amide bonds. The normalized spacial score (nSPS) is 18.2. The first-order valence-corrected chi connectivity index (χ1v) is 17.7. The van der Waals surface area contributed by atoms with Gasteiger partial charge in [0.05, 0.1) is 6.04 Å². The molecule has 5 rings (SSSR count). The third-order valence-electron chi connectivity index (χ3n) is 10.0. The van der Waals surface area contributed by atoms with Crippen molar-refractivity contribution in [1.82, 2.24) is 14.8 Å². The topological polar surface area (TPSA) is 35.8 Å². The number of nitrogens with zero attached hydrogens (tertiary/aromatic N) is 4. The predicted octanol–water partition coefficient (Wildman–Crippen LogP) is 9.48. The van der Waals surface area contributed by atoms with E-state index in [2.05, 4.69) is 122 Å². The van der Waals surface area contributed by atoms with Crippen LogP contribution in [0.15, 0.2) is 89.3 Å². The first-order valence-electron chi connectivity index (χ1n) is 17.3. The highest BCUT2D eigenvalue weighted by molar-refractivity contribution is 6.30. The highest BCUT2D eigenvalue weighted by Gasteiger charge is 2.34. The number of benzene rings is 3. The van der Waals surface area contributed by atoms with Gasteiger partial charge in [0.25, 0.3) is 0 Å². The van der Waals surface area contributed by atoms with E-state index in [-0.39, 0.29) is 6.04 Å². The minimum Gasteiger partial charge on any atom is -0.423 e. The molecule has 1 heterocycles. The van der Waals surface area contributed by atoms with Crippen molar-refractivity contribution in [2.45, 2.75) is 70.9 Å². The number of hydrogen-bond donors (Lipinski definition) is 0. The summed E-state index contributed by atoms with van der Waals surface area (Å²) >= 11 is 6.23. The third kappa shape index (κ3) is 8.82. The molecule has 2 atom stereocenters. The van der Waals surface area contributed by atoms with Gasteiger partial charge in [-0.15, -0.1) is 0 Å². The van der Waals surface area contributed by atoms with E-state index in [0.717, 1.165) is 61.4 Å². The Morgan fingerprint density at radius 1 is 0.804 bits per heavy atom. The van der Waals surface area contributed by atoms with Crippen LogP contribution in [-0.2, 0) is 12.8 Å². The van der Waals surface area contributed by atoms with Crippen LogP contribution in [-0.4, -0.2) is 55.6 Å². The highest BCUT2D eigenvalue weighted by atomic mass is 35.5. The van der Waals surface area contributed by atoms with Gasteiger partial charge < -0.3 is 14.2 Å². The number of aromatic nitrogens is 1. The summed E-state index contributed by atoms with van der Waals surface area (Å²) in [7, 11) is 6.58. The number of halogens is 1. The summed E-state index contributed by atoms with van der Waals surface area (Å²) in [5.74, 6) is 3.08. The summed E-state index contributed by atoms with van der Waals surface area (Å²) in [5, 5.41) is 0.802. The molecule has 5 nitrogen and oxygen atoms in total. The molecule has 4 aromatic rings. The van der Waals surface area contributed by atoms with Gasteiger partial charge >= 0.3 is 0 Å². The molecule has 0 spiro atoms. The van der Waals surface area contributed by atoms with Crippen molar-refractivity contribution >= 4 is 17.5 Å². The first kappa shape index (κ1) is 34.2. The number of likely N-dealkylation sites (N-methyl/N-ethyl adjacent to an activating group) is 1. The molecule has 0 radical (unpaired) electrons. The number of anilines is 1. The Morgan fingerprint density at radius 2 is 1.41 bits per heavy atom. The summed E-state index contributed by atoms with van der Waals surface area (Å²) in [5.41, 5.74) is 5.00. The van der Waals surface area contributed by atoms with Gasteiger partial charge in [0.1, 0.15) is 5.69 Å². The lowest BCUT2D eigenvalue weighted by Crippen LogP contribution is -2.33. The molecule has 0 bridgehead atoms. The smallest absolute Gasteiger partial charge is 0.219 e. The minimum absolute atomic E-state index is 0.170. The monoisotopic (exact) mass is 640 g/mol. The lowest BCUT2D eigenvalue weighted by Gasteiger charge is -2.39. The van der Waals surface area contributed by atoms with E-state index in [1.807, 2.05) is 12.1 Å². The third-order valence-corrected chi connectivity index (χ3v) is 10.3. The Hall–Kier alpha value is -3.12. The Bertz CT molecular complexity index is 1440. The van der Waals surface area contributed by atoms with Gasteiger partial charge in [-0.05, 0) is 93.5 Å². The van der Waals surface area contributed by atoms with Crippen molar-refractivity contribution in [3.05, 3.63) is 118 Å². The van der Waals surface area contributed by atoms with E-state index in [4.69, 9.17) is 21.0 Å². The quantitative estimate of drug-likeness (QED) is 0.129. The van der Waals surface area contributed by atoms with Crippen LogP contribution in [0, 0.1) is 11.8 Å². The molecule has 1 saturated carbocycles. The average Bonchev–Trinajstić information content (AvgIpc) is 3.49. The van der Waals surface area contributed by atoms with E-state index in [0.29, 0.717) is 17.9 Å². The first-order chi connectivity index (χ1) is 22.4. The van der Waals surface area contributed by atoms with Crippen LogP contribution >= 0.6 is 11.6 Å². The Balaban J connectivity index is 1.34. The maximum Gasteiger partial charge on any atom is 0.219 e. The fraction of sp³-hybridized carbons (Fsp3) is 0.475. The van der Waals surface area contributed by atoms with Crippen LogP contribution in [0.3, 0.4) is 0 Å². The minimum atomic E-state index is 0.170. The second-order valence-electron chi connectivity index (χ2n) is 13.3. The maximum atomic E-state index is 6.84. The standard InChI is InChI=1S/C40H53ClN4O/c1-6-45(7-2)37(29-32-18-20-33(21-19-32)38(43(3)4)34-22-24-35(41)25-23-34)39-42-36(28-31-16-12-9-13-17-31)40(46-39)44(5)27-26-30-14-10-8-11-15-30/h8-17,22-25,32-33,37-38H,6-7,18-21,26-29H2,1-5H3. The fourth-order valence-corrected chi connectivity index (χ4v) is 7.65. The summed E-state index contributed by atoms with van der Waals surface area (Å²) in [6, 6.07) is 30.4. The van der Waals surface area contributed by atoms with Crippen molar-refractivity contribution in [3.8, 4) is 0 Å². The molecule has 2 unspecified atom stereocenters. The zero-order valence-electron chi connectivity index (χ0n) is 28.5. The van der Waals surface area contributed by atoms with Gasteiger partial charge in [0.2, 0.25) is 11.8 Å². The summed E-state index contributed by atoms with van der Waals surface area (Å²) < 4.78 is 6.84. The van der Waals surface area contributed by atoms with Crippen LogP contribution < -0.4 is 4.90 Å². The molecule has 6 heteroatoms. The number of hydrogen-bond acceptors (Lipinski definition) is 5. The van der Waals surface area contributed by atoms with Gasteiger partial charge in [-0.3, -0.25) is 4.90 Å². The number of oxazole rings is 1. The van der Waals surface area contributed by atoms with E-state index in [1.54, 1.807) is 0 Å². The van der Waals surface area contributed by atoms with Crippen LogP contribution in [0.1, 0.15) is 86.3 Å². The molecule has 0 aliphatic heterocycles. The largest absolute Gasteiger partial charge is 0.423 e. The maximum absolute atomic E-state index is 6.84. The van der Waals surface area contributed by atoms with Gasteiger partial charge in [0.15, 0.2) is 0 Å². The van der Waals surface area contributed by atoms with Gasteiger partial charge in [0, 0.05) is 31.1 Å². The molecule has 1 aliphatic carbocycles. The number of rotatable bonds is 15. The van der Waals surface area contributed by atoms with Crippen molar-refractivity contribution in [3.63, 3.8) is 0 Å². The van der Waals surface area contributed by atoms with Crippen molar-refractivity contribution in [1.29, 1.82) is 0 Å². The molecule has 1 aliphatic rings. The second-order valence-corrected chi connectivity index (χ2v) is 13.8. The predicted molar refractivity (Wildman–Crippen MR) is 193 cm³/mol. The van der Waals surface area contributed by atoms with Crippen LogP contribution in [0.4, 0.5) is 5.88 Å². The van der Waals surface area contributed by atoms with Crippen LogP contribution in [0.5, 0.6) is 0 Å². The highest BCUT2D eigenvalue weighted by Crippen LogP contribution is 2.43. The van der Waals surface area contributed by atoms with Crippen LogP contribution in [0.25, 0.3) is 0 Å². The Kier molecular flexibility index (Phi) is 12.4. The van der Waals surface area contributed by atoms with Gasteiger partial charge in [-0.1, -0.05) is 111 Å². The van der Waals surface area contributed by atoms with E-state index >= 15 is 0 Å². The molecule has 1 aromatic heterocycles. The van der Waals surface area contributed by atoms with E-state index in [1.165, 1.54) is 42.4 Å². The van der Waals surface area contributed by atoms with Gasteiger partial charge in [-0.25, -0.2) is 4.98 Å². The molecule has 0 saturated heterocycles. The summed E-state index contributed by atoms with van der Waals surface area (Å²) in [6.45, 7) is 7.36. The van der Waals surface area contributed by atoms with E-state index < -0.39 is 0 Å². The SMILES string of the molecule is CCN(CC)C(CC1CCC(C(c2ccc(Cl)cc2)N(C)C)CC1)c1nc(Cc2ccccc2)c(N(C)CCc2ccccc2)o1. The summed E-state index contributed by atoms with van der Waals surface area (Å²) in [6.07, 6.45) is 7.76. The fourth-order valence-electron chi connectivity index (χ4n) is 7.53. The van der Waals surface area contributed by atoms with Gasteiger partial charge in [-0.2, -0.15) is 0 Å². The molecular formula is C40H53ClN4O. The zero-order valence-corrected chi connectivity index (χ0v) is 29.3. The van der Waals surface area contributed by atoms with Crippen molar-refractivity contribution in [2.24, 2.45) is 11.8 Å². The molecule has 1 fully saturated rings. The van der Waals surface area contributed by atoms with Crippen molar-refractivity contribution < 1.29 is 4.42 Å². The molecule has 3 aromatic carbocycles. The van der Waals surface area contributed by atoms with Crippen molar-refractivity contribution in [2.75, 3.05) is 45.7 Å². The zero-order chi connectivity index (χ0) is 32.5.